The Hall–Kier alpha value is -3.15. The van der Waals surface area contributed by atoms with Gasteiger partial charge in [0.05, 0.1) is 17.5 Å². The molecule has 0 aliphatic carbocycles. The van der Waals surface area contributed by atoms with Gasteiger partial charge in [-0.25, -0.2) is 4.98 Å². The zero-order valence-electron chi connectivity index (χ0n) is 14.8. The number of amides is 1. The molecule has 0 saturated carbocycles. The summed E-state index contributed by atoms with van der Waals surface area (Å²) in [6.07, 6.45) is 0.619. The largest absolute Gasteiger partial charge is 0.481 e. The first-order valence-corrected chi connectivity index (χ1v) is 8.48. The van der Waals surface area contributed by atoms with Crippen molar-refractivity contribution in [2.45, 2.75) is 32.7 Å². The number of rotatable bonds is 6. The lowest BCUT2D eigenvalue weighted by atomic mass is 10.1. The summed E-state index contributed by atoms with van der Waals surface area (Å²) in [6.45, 7) is 3.37. The first-order chi connectivity index (χ1) is 12.4. The normalized spacial score (nSPS) is 12.1. The van der Waals surface area contributed by atoms with Crippen molar-refractivity contribution in [3.8, 4) is 0 Å². The van der Waals surface area contributed by atoms with Gasteiger partial charge in [-0.1, -0.05) is 24.3 Å². The molecule has 0 radical (unpaired) electrons. The number of para-hydroxylation sites is 2. The van der Waals surface area contributed by atoms with Crippen LogP contribution < -0.4 is 5.32 Å². The van der Waals surface area contributed by atoms with Crippen LogP contribution in [0.1, 0.15) is 37.7 Å². The Labute approximate surface area is 151 Å². The van der Waals surface area contributed by atoms with Crippen LogP contribution in [0.3, 0.4) is 0 Å². The standard InChI is InChI=1S/C20H21N3O3/c1-13(11-20(25)26)23-18-6-4-3-5-17(18)22-19(23)12-15-7-9-16(10-8-15)21-14(2)24/h3-10,13H,11-12H2,1-2H3,(H,21,24)(H,25,26). The number of anilines is 1. The van der Waals surface area contributed by atoms with E-state index in [-0.39, 0.29) is 18.4 Å². The highest BCUT2D eigenvalue weighted by molar-refractivity contribution is 5.88. The maximum atomic E-state index is 11.2. The van der Waals surface area contributed by atoms with E-state index in [0.29, 0.717) is 6.42 Å². The number of aliphatic carboxylic acids is 1. The van der Waals surface area contributed by atoms with Gasteiger partial charge in [0, 0.05) is 25.1 Å². The summed E-state index contributed by atoms with van der Waals surface area (Å²) in [6, 6.07) is 15.1. The number of benzene rings is 2. The highest BCUT2D eigenvalue weighted by Crippen LogP contribution is 2.25. The van der Waals surface area contributed by atoms with Gasteiger partial charge in [-0.2, -0.15) is 0 Å². The Kier molecular flexibility index (Phi) is 5.02. The second-order valence-electron chi connectivity index (χ2n) is 6.39. The Morgan fingerprint density at radius 2 is 1.85 bits per heavy atom. The molecule has 26 heavy (non-hydrogen) atoms. The molecule has 0 spiro atoms. The number of fused-ring (bicyclic) bond motifs is 1. The number of nitrogens with one attached hydrogen (secondary N) is 1. The SMILES string of the molecule is CC(=O)Nc1ccc(Cc2nc3ccccc3n2C(C)CC(=O)O)cc1. The monoisotopic (exact) mass is 351 g/mol. The molecular formula is C20H21N3O3. The van der Waals surface area contributed by atoms with Crippen molar-refractivity contribution in [3.05, 3.63) is 59.9 Å². The predicted octanol–water partition coefficient (Wildman–Crippen LogP) is 3.62. The smallest absolute Gasteiger partial charge is 0.305 e. The summed E-state index contributed by atoms with van der Waals surface area (Å²) >= 11 is 0. The molecule has 2 aromatic carbocycles. The van der Waals surface area contributed by atoms with E-state index in [9.17, 15) is 9.59 Å². The first kappa shape index (κ1) is 17.7. The zero-order valence-corrected chi connectivity index (χ0v) is 14.8. The fourth-order valence-corrected chi connectivity index (χ4v) is 3.15. The Morgan fingerprint density at radius 1 is 1.15 bits per heavy atom. The maximum Gasteiger partial charge on any atom is 0.305 e. The molecule has 0 aliphatic heterocycles. The molecule has 0 saturated heterocycles. The van der Waals surface area contributed by atoms with Crippen molar-refractivity contribution >= 4 is 28.6 Å². The number of carboxylic acid groups (broad SMARTS) is 1. The van der Waals surface area contributed by atoms with E-state index >= 15 is 0 Å². The molecule has 6 heteroatoms. The Balaban J connectivity index is 1.94. The summed E-state index contributed by atoms with van der Waals surface area (Å²) in [5.41, 5.74) is 3.58. The molecule has 0 aliphatic rings. The van der Waals surface area contributed by atoms with Gasteiger partial charge in [-0.3, -0.25) is 9.59 Å². The molecule has 1 amide bonds. The van der Waals surface area contributed by atoms with Gasteiger partial charge in [-0.15, -0.1) is 0 Å². The van der Waals surface area contributed by atoms with E-state index in [0.717, 1.165) is 28.1 Å². The average Bonchev–Trinajstić information content (AvgIpc) is 2.93. The summed E-state index contributed by atoms with van der Waals surface area (Å²) in [5, 5.41) is 11.9. The van der Waals surface area contributed by atoms with Crippen molar-refractivity contribution in [2.75, 3.05) is 5.32 Å². The fraction of sp³-hybridized carbons (Fsp3) is 0.250. The van der Waals surface area contributed by atoms with Crippen LogP contribution >= 0.6 is 0 Å². The number of aromatic nitrogens is 2. The quantitative estimate of drug-likeness (QED) is 0.710. The van der Waals surface area contributed by atoms with Crippen LogP contribution in [0.4, 0.5) is 5.69 Å². The minimum Gasteiger partial charge on any atom is -0.481 e. The number of hydrogen-bond acceptors (Lipinski definition) is 3. The number of carbonyl (C=O) groups is 2. The third-order valence-electron chi connectivity index (χ3n) is 4.22. The van der Waals surface area contributed by atoms with Crippen LogP contribution in [0.25, 0.3) is 11.0 Å². The molecule has 2 N–H and O–H groups in total. The third kappa shape index (κ3) is 3.91. The topological polar surface area (TPSA) is 84.2 Å². The molecule has 0 bridgehead atoms. The number of carbonyl (C=O) groups excluding carboxylic acids is 1. The first-order valence-electron chi connectivity index (χ1n) is 8.48. The molecule has 3 rings (SSSR count). The van der Waals surface area contributed by atoms with Crippen LogP contribution in [0, 0.1) is 0 Å². The van der Waals surface area contributed by atoms with Gasteiger partial charge in [0.2, 0.25) is 5.91 Å². The summed E-state index contributed by atoms with van der Waals surface area (Å²) in [4.78, 5) is 27.0. The van der Waals surface area contributed by atoms with E-state index in [1.807, 2.05) is 60.0 Å². The van der Waals surface area contributed by atoms with E-state index in [1.165, 1.54) is 6.92 Å². The lowest BCUT2D eigenvalue weighted by Gasteiger charge is -2.16. The second kappa shape index (κ2) is 7.39. The summed E-state index contributed by atoms with van der Waals surface area (Å²) in [7, 11) is 0. The van der Waals surface area contributed by atoms with E-state index in [1.54, 1.807) is 0 Å². The number of carboxylic acids is 1. The van der Waals surface area contributed by atoms with Crippen molar-refractivity contribution in [1.82, 2.24) is 9.55 Å². The van der Waals surface area contributed by atoms with Crippen LogP contribution in [0.2, 0.25) is 0 Å². The molecule has 1 heterocycles. The number of nitrogens with zero attached hydrogens (tertiary/aromatic N) is 2. The van der Waals surface area contributed by atoms with Crippen molar-refractivity contribution in [1.29, 1.82) is 0 Å². The molecule has 1 atom stereocenters. The number of hydrogen-bond donors (Lipinski definition) is 2. The minimum absolute atomic E-state index is 0.0365. The highest BCUT2D eigenvalue weighted by Gasteiger charge is 2.18. The molecular weight excluding hydrogens is 330 g/mol. The fourth-order valence-electron chi connectivity index (χ4n) is 3.15. The lowest BCUT2D eigenvalue weighted by Crippen LogP contribution is -2.13. The lowest BCUT2D eigenvalue weighted by molar-refractivity contribution is -0.137. The zero-order chi connectivity index (χ0) is 18.7. The molecule has 3 aromatic rings. The van der Waals surface area contributed by atoms with Gasteiger partial charge in [0.1, 0.15) is 5.82 Å². The van der Waals surface area contributed by atoms with Crippen molar-refractivity contribution in [2.24, 2.45) is 0 Å². The van der Waals surface area contributed by atoms with Crippen LogP contribution in [-0.4, -0.2) is 26.5 Å². The van der Waals surface area contributed by atoms with Gasteiger partial charge in [0.25, 0.3) is 0 Å². The van der Waals surface area contributed by atoms with E-state index < -0.39 is 5.97 Å². The van der Waals surface area contributed by atoms with Gasteiger partial charge in [0.15, 0.2) is 0 Å². The second-order valence-corrected chi connectivity index (χ2v) is 6.39. The molecule has 1 aromatic heterocycles. The third-order valence-corrected chi connectivity index (χ3v) is 4.22. The van der Waals surface area contributed by atoms with Crippen LogP contribution in [-0.2, 0) is 16.0 Å². The van der Waals surface area contributed by atoms with Crippen molar-refractivity contribution in [3.63, 3.8) is 0 Å². The maximum absolute atomic E-state index is 11.2. The highest BCUT2D eigenvalue weighted by atomic mass is 16.4. The summed E-state index contributed by atoms with van der Waals surface area (Å²) < 4.78 is 2.01. The van der Waals surface area contributed by atoms with Gasteiger partial charge in [-0.05, 0) is 36.8 Å². The van der Waals surface area contributed by atoms with Crippen molar-refractivity contribution < 1.29 is 14.7 Å². The number of imidazole rings is 1. The predicted molar refractivity (Wildman–Crippen MR) is 100 cm³/mol. The Morgan fingerprint density at radius 3 is 2.50 bits per heavy atom. The molecule has 6 nitrogen and oxygen atoms in total. The Bertz CT molecular complexity index is 945. The molecule has 134 valence electrons. The molecule has 1 unspecified atom stereocenters. The average molecular weight is 351 g/mol. The van der Waals surface area contributed by atoms with E-state index in [4.69, 9.17) is 10.1 Å². The summed E-state index contributed by atoms with van der Waals surface area (Å²) in [5.74, 6) is -0.116. The van der Waals surface area contributed by atoms with Gasteiger partial charge >= 0.3 is 5.97 Å². The molecule has 0 fully saturated rings. The van der Waals surface area contributed by atoms with Gasteiger partial charge < -0.3 is 15.0 Å². The van der Waals surface area contributed by atoms with Crippen LogP contribution in [0.15, 0.2) is 48.5 Å². The van der Waals surface area contributed by atoms with Crippen LogP contribution in [0.5, 0.6) is 0 Å². The van der Waals surface area contributed by atoms with E-state index in [2.05, 4.69) is 5.32 Å². The minimum atomic E-state index is -0.833.